The van der Waals surface area contributed by atoms with Crippen molar-refractivity contribution < 1.29 is 4.79 Å². The van der Waals surface area contributed by atoms with Gasteiger partial charge in [0.2, 0.25) is 5.91 Å². The zero-order valence-electron chi connectivity index (χ0n) is 8.84. The van der Waals surface area contributed by atoms with E-state index >= 15 is 0 Å². The molecule has 2 nitrogen and oxygen atoms in total. The van der Waals surface area contributed by atoms with Crippen molar-refractivity contribution in [2.45, 2.75) is 20.3 Å². The van der Waals surface area contributed by atoms with Crippen LogP contribution in [-0.2, 0) is 11.2 Å². The van der Waals surface area contributed by atoms with Crippen molar-refractivity contribution in [3.63, 3.8) is 0 Å². The molecule has 15 heavy (non-hydrogen) atoms. The Labute approximate surface area is 103 Å². The second kappa shape index (κ2) is 6.08. The van der Waals surface area contributed by atoms with Crippen molar-refractivity contribution in [1.29, 1.82) is 0 Å². The van der Waals surface area contributed by atoms with Crippen LogP contribution in [0.1, 0.15) is 18.7 Å². The van der Waals surface area contributed by atoms with Crippen LogP contribution in [0.25, 0.3) is 0 Å². The first-order valence-electron chi connectivity index (χ1n) is 4.75. The highest BCUT2D eigenvalue weighted by Gasteiger charge is 1.99. The highest BCUT2D eigenvalue weighted by Crippen LogP contribution is 2.21. The maximum atomic E-state index is 11.3. The summed E-state index contributed by atoms with van der Waals surface area (Å²) in [7, 11) is 0. The molecular formula is C11H14BrNOS. The van der Waals surface area contributed by atoms with Gasteiger partial charge in [-0.25, -0.2) is 0 Å². The second-order valence-electron chi connectivity index (χ2n) is 3.47. The van der Waals surface area contributed by atoms with E-state index < -0.39 is 0 Å². The van der Waals surface area contributed by atoms with Gasteiger partial charge in [-0.3, -0.25) is 4.79 Å². The maximum absolute atomic E-state index is 11.3. The molecule has 0 aromatic carbocycles. The normalized spacial score (nSPS) is 9.80. The average Bonchev–Trinajstić information content (AvgIpc) is 2.50. The summed E-state index contributed by atoms with van der Waals surface area (Å²) in [5.41, 5.74) is 1.02. The van der Waals surface area contributed by atoms with Gasteiger partial charge in [-0.05, 0) is 48.3 Å². The number of amides is 1. The molecule has 0 spiro atoms. The standard InChI is InChI=1S/C11H14BrNOS/c1-8(2)7-11(14)13-6-5-9-3-4-10(12)15-9/h3-4,7H,5-6H2,1-2H3,(H,13,14). The molecular weight excluding hydrogens is 274 g/mol. The second-order valence-corrected chi connectivity index (χ2v) is 6.02. The summed E-state index contributed by atoms with van der Waals surface area (Å²) in [4.78, 5) is 12.5. The summed E-state index contributed by atoms with van der Waals surface area (Å²) in [6.45, 7) is 4.52. The number of allylic oxidation sites excluding steroid dienone is 1. The quantitative estimate of drug-likeness (QED) is 0.847. The molecule has 0 aliphatic heterocycles. The van der Waals surface area contributed by atoms with Gasteiger partial charge in [0, 0.05) is 17.5 Å². The van der Waals surface area contributed by atoms with Gasteiger partial charge in [-0.15, -0.1) is 11.3 Å². The van der Waals surface area contributed by atoms with Gasteiger partial charge in [0.05, 0.1) is 3.79 Å². The monoisotopic (exact) mass is 287 g/mol. The van der Waals surface area contributed by atoms with E-state index in [9.17, 15) is 4.79 Å². The lowest BCUT2D eigenvalue weighted by molar-refractivity contribution is -0.116. The van der Waals surface area contributed by atoms with Crippen LogP contribution in [0.5, 0.6) is 0 Å². The van der Waals surface area contributed by atoms with Crippen molar-refractivity contribution in [3.05, 3.63) is 32.4 Å². The summed E-state index contributed by atoms with van der Waals surface area (Å²) < 4.78 is 1.13. The fourth-order valence-corrected chi connectivity index (χ4v) is 2.59. The van der Waals surface area contributed by atoms with Crippen molar-refractivity contribution in [3.8, 4) is 0 Å². The minimum absolute atomic E-state index is 0.00868. The van der Waals surface area contributed by atoms with Gasteiger partial charge in [-0.1, -0.05) is 5.57 Å². The fraction of sp³-hybridized carbons (Fsp3) is 0.364. The molecule has 0 saturated heterocycles. The zero-order valence-corrected chi connectivity index (χ0v) is 11.2. The Bertz CT molecular complexity index is 366. The van der Waals surface area contributed by atoms with Crippen LogP contribution in [0.4, 0.5) is 0 Å². The predicted molar refractivity (Wildman–Crippen MR) is 68.2 cm³/mol. The van der Waals surface area contributed by atoms with E-state index in [0.717, 1.165) is 15.8 Å². The Kier molecular flexibility index (Phi) is 5.05. The molecule has 0 fully saturated rings. The van der Waals surface area contributed by atoms with Crippen molar-refractivity contribution in [2.75, 3.05) is 6.54 Å². The molecule has 0 aliphatic rings. The first kappa shape index (κ1) is 12.5. The lowest BCUT2D eigenvalue weighted by atomic mass is 10.3. The first-order chi connectivity index (χ1) is 7.08. The number of hydrogen-bond acceptors (Lipinski definition) is 2. The molecule has 0 saturated carbocycles. The lowest BCUT2D eigenvalue weighted by Gasteiger charge is -2.00. The van der Waals surface area contributed by atoms with Gasteiger partial charge in [0.15, 0.2) is 0 Å². The van der Waals surface area contributed by atoms with Crippen molar-refractivity contribution in [2.24, 2.45) is 0 Å². The third-order valence-electron chi connectivity index (χ3n) is 1.72. The molecule has 1 rings (SSSR count). The molecule has 4 heteroatoms. The van der Waals surface area contributed by atoms with Gasteiger partial charge in [0.25, 0.3) is 0 Å². The number of thiophene rings is 1. The third kappa shape index (κ3) is 5.14. The smallest absolute Gasteiger partial charge is 0.243 e. The number of carbonyl (C=O) groups is 1. The van der Waals surface area contributed by atoms with Gasteiger partial charge >= 0.3 is 0 Å². The minimum atomic E-state index is -0.00868. The van der Waals surface area contributed by atoms with Crippen LogP contribution >= 0.6 is 27.3 Å². The fourth-order valence-electron chi connectivity index (χ4n) is 1.11. The van der Waals surface area contributed by atoms with E-state index in [1.54, 1.807) is 17.4 Å². The summed E-state index contributed by atoms with van der Waals surface area (Å²) in [5.74, 6) is -0.00868. The van der Waals surface area contributed by atoms with Crippen LogP contribution in [0.2, 0.25) is 0 Å². The number of nitrogens with one attached hydrogen (secondary N) is 1. The number of carbonyl (C=O) groups excluding carboxylic acids is 1. The van der Waals surface area contributed by atoms with Crippen LogP contribution < -0.4 is 5.32 Å². The average molecular weight is 288 g/mol. The van der Waals surface area contributed by atoms with E-state index in [0.29, 0.717) is 6.54 Å². The third-order valence-corrected chi connectivity index (χ3v) is 3.40. The van der Waals surface area contributed by atoms with E-state index in [2.05, 4.69) is 27.3 Å². The molecule has 1 N–H and O–H groups in total. The molecule has 0 aliphatic carbocycles. The summed E-state index contributed by atoms with van der Waals surface area (Å²) >= 11 is 5.11. The SMILES string of the molecule is CC(C)=CC(=O)NCCc1ccc(Br)s1. The van der Waals surface area contributed by atoms with Gasteiger partial charge in [0.1, 0.15) is 0 Å². The zero-order chi connectivity index (χ0) is 11.3. The minimum Gasteiger partial charge on any atom is -0.352 e. The molecule has 0 radical (unpaired) electrons. The summed E-state index contributed by atoms with van der Waals surface area (Å²) in [6.07, 6.45) is 2.50. The maximum Gasteiger partial charge on any atom is 0.243 e. The predicted octanol–water partition coefficient (Wildman–Crippen LogP) is 3.14. The van der Waals surface area contributed by atoms with Crippen molar-refractivity contribution in [1.82, 2.24) is 5.32 Å². The lowest BCUT2D eigenvalue weighted by Crippen LogP contribution is -2.23. The Morgan fingerprint density at radius 3 is 2.80 bits per heavy atom. The Balaban J connectivity index is 2.28. The molecule has 0 unspecified atom stereocenters. The summed E-state index contributed by atoms with van der Waals surface area (Å²) in [5, 5.41) is 2.85. The molecule has 0 atom stereocenters. The van der Waals surface area contributed by atoms with Crippen LogP contribution in [0, 0.1) is 0 Å². The number of rotatable bonds is 4. The summed E-state index contributed by atoms with van der Waals surface area (Å²) in [6, 6.07) is 4.10. The Morgan fingerprint density at radius 1 is 1.53 bits per heavy atom. The van der Waals surface area contributed by atoms with Gasteiger partial charge < -0.3 is 5.32 Å². The van der Waals surface area contributed by atoms with Crippen LogP contribution in [0.3, 0.4) is 0 Å². The largest absolute Gasteiger partial charge is 0.352 e. The van der Waals surface area contributed by atoms with Crippen molar-refractivity contribution >= 4 is 33.2 Å². The highest BCUT2D eigenvalue weighted by atomic mass is 79.9. The highest BCUT2D eigenvalue weighted by molar-refractivity contribution is 9.11. The Morgan fingerprint density at radius 2 is 2.27 bits per heavy atom. The number of hydrogen-bond donors (Lipinski definition) is 1. The molecule has 1 heterocycles. The molecule has 1 aromatic rings. The molecule has 0 bridgehead atoms. The molecule has 82 valence electrons. The van der Waals surface area contributed by atoms with Gasteiger partial charge in [-0.2, -0.15) is 0 Å². The van der Waals surface area contributed by atoms with Crippen LogP contribution in [-0.4, -0.2) is 12.5 Å². The molecule has 1 amide bonds. The van der Waals surface area contributed by atoms with Crippen LogP contribution in [0.15, 0.2) is 27.6 Å². The van der Waals surface area contributed by atoms with E-state index in [1.807, 2.05) is 19.9 Å². The number of halogens is 1. The topological polar surface area (TPSA) is 29.1 Å². The first-order valence-corrected chi connectivity index (χ1v) is 6.36. The van der Waals surface area contributed by atoms with E-state index in [-0.39, 0.29) is 5.91 Å². The van der Waals surface area contributed by atoms with E-state index in [1.165, 1.54) is 4.88 Å². The molecule has 1 aromatic heterocycles. The van der Waals surface area contributed by atoms with E-state index in [4.69, 9.17) is 0 Å². The Hall–Kier alpha value is -0.610.